The average Bonchev–Trinajstić information content (AvgIpc) is 3.94. The Morgan fingerprint density at radius 1 is 0.439 bits per heavy atom. The van der Waals surface area contributed by atoms with Gasteiger partial charge < -0.3 is 9.13 Å². The second kappa shape index (κ2) is 12.7. The number of hydrogen-bond acceptors (Lipinski definition) is 4. The second-order valence-electron chi connectivity index (χ2n) is 14.7. The lowest BCUT2D eigenvalue weighted by Crippen LogP contribution is -2.20. The molecule has 0 bridgehead atoms. The Kier molecular flexibility index (Phi) is 7.16. The first-order valence-corrected chi connectivity index (χ1v) is 20.3. The number of nitrogens with zero attached hydrogens (tertiary/aromatic N) is 5. The Morgan fingerprint density at radius 3 is 1.75 bits per heavy atom. The van der Waals surface area contributed by atoms with Gasteiger partial charge in [0.25, 0.3) is 0 Å². The summed E-state index contributed by atoms with van der Waals surface area (Å²) in [4.78, 5) is 15.6. The summed E-state index contributed by atoms with van der Waals surface area (Å²) in [6.07, 6.45) is 6.87. The van der Waals surface area contributed by atoms with Crippen LogP contribution in [-0.2, 0) is 0 Å². The van der Waals surface area contributed by atoms with Crippen molar-refractivity contribution >= 4 is 77.2 Å². The number of hydrogen-bond donors (Lipinski definition) is 0. The molecule has 4 heterocycles. The van der Waals surface area contributed by atoms with Crippen LogP contribution in [0.5, 0.6) is 0 Å². The van der Waals surface area contributed by atoms with Crippen molar-refractivity contribution in [1.29, 1.82) is 0 Å². The Balaban J connectivity index is 1.23. The zero-order valence-corrected chi connectivity index (χ0v) is 31.6. The number of aromatic nitrogens is 5. The highest BCUT2D eigenvalue weighted by Gasteiger charge is 2.23. The molecule has 12 rings (SSSR count). The summed E-state index contributed by atoms with van der Waals surface area (Å²) in [5.74, 6) is 1.98. The van der Waals surface area contributed by atoms with Gasteiger partial charge in [0.15, 0.2) is 17.5 Å². The van der Waals surface area contributed by atoms with E-state index in [1.54, 1.807) is 0 Å². The smallest absolute Gasteiger partial charge is 0.165 e. The number of benzene rings is 7. The van der Waals surface area contributed by atoms with E-state index in [1.165, 1.54) is 57.9 Å². The minimum Gasteiger partial charge on any atom is -0.309 e. The minimum absolute atomic E-state index is 0.657. The second-order valence-corrected chi connectivity index (χ2v) is 15.7. The largest absolute Gasteiger partial charge is 0.309 e. The van der Waals surface area contributed by atoms with Gasteiger partial charge in [0.05, 0.1) is 22.1 Å². The molecule has 4 aromatic heterocycles. The van der Waals surface area contributed by atoms with Crippen molar-refractivity contribution < 1.29 is 0 Å². The van der Waals surface area contributed by atoms with Crippen molar-refractivity contribution in [3.05, 3.63) is 174 Å². The van der Waals surface area contributed by atoms with Gasteiger partial charge in [-0.2, -0.15) is 0 Å². The van der Waals surface area contributed by atoms with E-state index >= 15 is 0 Å². The van der Waals surface area contributed by atoms with Crippen LogP contribution in [0.4, 0.5) is 0 Å². The molecular weight excluding hydrogens is 715 g/mol. The number of rotatable bonds is 5. The summed E-state index contributed by atoms with van der Waals surface area (Å²) < 4.78 is 7.40. The number of fused-ring (bicyclic) bond motifs is 10. The molecule has 1 aliphatic carbocycles. The van der Waals surface area contributed by atoms with Crippen LogP contribution in [0.1, 0.15) is 12.8 Å². The topological polar surface area (TPSA) is 48.5 Å². The van der Waals surface area contributed by atoms with Crippen LogP contribution in [0.3, 0.4) is 0 Å². The molecule has 0 atom stereocenters. The highest BCUT2D eigenvalue weighted by molar-refractivity contribution is 7.17. The lowest BCUT2D eigenvalue weighted by molar-refractivity contribution is 1.07. The van der Waals surface area contributed by atoms with Gasteiger partial charge >= 0.3 is 0 Å². The van der Waals surface area contributed by atoms with Crippen molar-refractivity contribution in [2.24, 2.45) is 0 Å². The van der Waals surface area contributed by atoms with Gasteiger partial charge in [-0.3, -0.25) is 0 Å². The van der Waals surface area contributed by atoms with Crippen molar-refractivity contribution in [2.75, 3.05) is 0 Å². The summed E-state index contributed by atoms with van der Waals surface area (Å²) in [5, 5.41) is 7.43. The maximum absolute atomic E-state index is 5.28. The third kappa shape index (κ3) is 4.97. The molecule has 0 spiro atoms. The predicted octanol–water partition coefficient (Wildman–Crippen LogP) is 11.6. The van der Waals surface area contributed by atoms with Crippen molar-refractivity contribution in [3.63, 3.8) is 0 Å². The Labute approximate surface area is 331 Å². The first-order chi connectivity index (χ1) is 28.3. The molecule has 0 saturated carbocycles. The van der Waals surface area contributed by atoms with E-state index in [4.69, 9.17) is 15.0 Å². The SMILES string of the molecule is C1=c2sc3c(-c4nc(-c5ccccc5)nc(-c5ccccc5)n4)cc(-n4c5ccccc5c5ccc6c(c7ccccc7n6-c6ccccc6)c54)cc3c2=CCC1. The molecule has 0 amide bonds. The van der Waals surface area contributed by atoms with Crippen LogP contribution >= 0.6 is 11.3 Å². The van der Waals surface area contributed by atoms with E-state index in [1.807, 2.05) is 47.7 Å². The molecule has 0 N–H and O–H groups in total. The van der Waals surface area contributed by atoms with Gasteiger partial charge in [-0.1, -0.05) is 133 Å². The number of thiophene rings is 1. The molecule has 268 valence electrons. The van der Waals surface area contributed by atoms with E-state index in [-0.39, 0.29) is 0 Å². The minimum atomic E-state index is 0.657. The van der Waals surface area contributed by atoms with Gasteiger partial charge in [0.2, 0.25) is 0 Å². The highest BCUT2D eigenvalue weighted by Crippen LogP contribution is 2.43. The Morgan fingerprint density at radius 2 is 1.04 bits per heavy atom. The monoisotopic (exact) mass is 747 g/mol. The van der Waals surface area contributed by atoms with E-state index in [0.717, 1.165) is 46.4 Å². The fourth-order valence-electron chi connectivity index (χ4n) is 8.88. The molecule has 7 aromatic carbocycles. The lowest BCUT2D eigenvalue weighted by Gasteiger charge is -2.14. The Hall–Kier alpha value is -7.15. The Bertz CT molecular complexity index is 3450. The van der Waals surface area contributed by atoms with Gasteiger partial charge in [0.1, 0.15) is 0 Å². The predicted molar refractivity (Wildman–Crippen MR) is 238 cm³/mol. The summed E-state index contributed by atoms with van der Waals surface area (Å²) in [7, 11) is 0. The van der Waals surface area contributed by atoms with Crippen molar-refractivity contribution in [1.82, 2.24) is 24.1 Å². The van der Waals surface area contributed by atoms with Crippen LogP contribution in [-0.4, -0.2) is 24.1 Å². The first kappa shape index (κ1) is 32.1. The molecular formula is C51H33N5S. The molecule has 0 saturated heterocycles. The summed E-state index contributed by atoms with van der Waals surface area (Å²) in [6.45, 7) is 0. The third-order valence-electron chi connectivity index (χ3n) is 11.4. The molecule has 0 fully saturated rings. The fourth-order valence-corrected chi connectivity index (χ4v) is 10.1. The maximum Gasteiger partial charge on any atom is 0.165 e. The summed E-state index contributed by atoms with van der Waals surface area (Å²) in [6, 6.07) is 58.2. The normalized spacial score (nSPS) is 12.7. The molecule has 11 aromatic rings. The maximum atomic E-state index is 5.28. The average molecular weight is 748 g/mol. The zero-order valence-electron chi connectivity index (χ0n) is 30.8. The van der Waals surface area contributed by atoms with E-state index in [0.29, 0.717) is 17.5 Å². The fraction of sp³-hybridized carbons (Fsp3) is 0.0392. The van der Waals surface area contributed by atoms with Gasteiger partial charge in [-0.05, 0) is 60.5 Å². The lowest BCUT2D eigenvalue weighted by atomic mass is 10.1. The van der Waals surface area contributed by atoms with Gasteiger partial charge in [-0.25, -0.2) is 15.0 Å². The quantitative estimate of drug-likeness (QED) is 0.176. The summed E-state index contributed by atoms with van der Waals surface area (Å²) in [5.41, 5.74) is 9.85. The molecule has 6 heteroatoms. The van der Waals surface area contributed by atoms with E-state index < -0.39 is 0 Å². The van der Waals surface area contributed by atoms with E-state index in [9.17, 15) is 0 Å². The van der Waals surface area contributed by atoms with Crippen molar-refractivity contribution in [3.8, 4) is 45.5 Å². The standard InChI is InChI=1S/C51H33N5S/c1-4-16-32(17-5-1)49-52-50(33-18-6-2-7-19-33)54-51(53-49)41-31-35(30-40-37-23-12-15-27-45(37)57-48(40)41)56-42-25-13-10-22-36(42)38-28-29-44-46(47(38)56)39-24-11-14-26-43(39)55(44)34-20-8-3-9-21-34/h1-11,13-14,16-31H,12,15H2. The molecule has 0 aliphatic heterocycles. The first-order valence-electron chi connectivity index (χ1n) is 19.4. The van der Waals surface area contributed by atoms with Crippen LogP contribution in [0.25, 0.3) is 111 Å². The van der Waals surface area contributed by atoms with Gasteiger partial charge in [-0.15, -0.1) is 11.3 Å². The third-order valence-corrected chi connectivity index (χ3v) is 12.6. The molecule has 0 unspecified atom stereocenters. The number of para-hydroxylation sites is 3. The van der Waals surface area contributed by atoms with Crippen LogP contribution in [0.2, 0.25) is 0 Å². The molecule has 5 nitrogen and oxygen atoms in total. The zero-order chi connectivity index (χ0) is 37.5. The van der Waals surface area contributed by atoms with E-state index in [2.05, 4.69) is 149 Å². The molecule has 1 aliphatic rings. The highest BCUT2D eigenvalue weighted by atomic mass is 32.1. The summed E-state index contributed by atoms with van der Waals surface area (Å²) >= 11 is 1.84. The molecule has 57 heavy (non-hydrogen) atoms. The molecule has 0 radical (unpaired) electrons. The van der Waals surface area contributed by atoms with Gasteiger partial charge in [0, 0.05) is 64.2 Å². The van der Waals surface area contributed by atoms with Crippen LogP contribution in [0.15, 0.2) is 164 Å². The van der Waals surface area contributed by atoms with Crippen molar-refractivity contribution in [2.45, 2.75) is 12.8 Å². The van der Waals surface area contributed by atoms with Crippen LogP contribution in [0, 0.1) is 0 Å². The van der Waals surface area contributed by atoms with Crippen LogP contribution < -0.4 is 9.75 Å².